The zero-order chi connectivity index (χ0) is 36.5. The van der Waals surface area contributed by atoms with Crippen LogP contribution < -0.4 is 16.2 Å². The summed E-state index contributed by atoms with van der Waals surface area (Å²) in [5.74, 6) is 0. The van der Waals surface area contributed by atoms with Gasteiger partial charge in [-0.15, -0.1) is 0 Å². The van der Waals surface area contributed by atoms with Gasteiger partial charge in [-0.05, 0) is 89.7 Å². The van der Waals surface area contributed by atoms with Crippen molar-refractivity contribution < 1.29 is 8.83 Å². The van der Waals surface area contributed by atoms with E-state index in [1.165, 1.54) is 0 Å². The Kier molecular flexibility index (Phi) is 7.27. The van der Waals surface area contributed by atoms with E-state index in [0.717, 1.165) is 89.7 Å². The molecule has 0 atom stereocenters. The van der Waals surface area contributed by atoms with Crippen LogP contribution in [0, 0.1) is 0 Å². The summed E-state index contributed by atoms with van der Waals surface area (Å²) < 4.78 is 14.3. The molecule has 0 spiro atoms. The monoisotopic (exact) mass is 702 g/mol. The second-order valence-electron chi connectivity index (χ2n) is 13.8. The number of rotatable bonds is 6. The molecule has 0 N–H and O–H groups in total. The van der Waals surface area contributed by atoms with Gasteiger partial charge in [0.2, 0.25) is 0 Å². The van der Waals surface area contributed by atoms with Crippen molar-refractivity contribution in [3.63, 3.8) is 0 Å². The van der Waals surface area contributed by atoms with E-state index in [1.54, 1.807) is 0 Å². The zero-order valence-electron chi connectivity index (χ0n) is 29.8. The SMILES string of the molecule is CCN(CC)c1ccc2cc(-c3ccc4c5ccc(-c6cc7c8ccccc8c8ccccc8c7oc6=O)cc5n(-c5ccccc5)c4c3)c(=O)oc2c1. The maximum Gasteiger partial charge on any atom is 0.344 e. The quantitative estimate of drug-likeness (QED) is 0.127. The average molecular weight is 703 g/mol. The molecule has 0 radical (unpaired) electrons. The maximum absolute atomic E-state index is 13.9. The molecule has 3 aromatic heterocycles. The van der Waals surface area contributed by atoms with Crippen LogP contribution in [0.25, 0.3) is 93.2 Å². The highest BCUT2D eigenvalue weighted by Crippen LogP contribution is 2.39. The summed E-state index contributed by atoms with van der Waals surface area (Å²) in [6.07, 6.45) is 0. The minimum Gasteiger partial charge on any atom is -0.422 e. The Balaban J connectivity index is 1.18. The Morgan fingerprint density at radius 2 is 1.06 bits per heavy atom. The average Bonchev–Trinajstić information content (AvgIpc) is 3.54. The number of hydrogen-bond acceptors (Lipinski definition) is 5. The molecule has 260 valence electrons. The summed E-state index contributed by atoms with van der Waals surface area (Å²) in [4.78, 5) is 29.7. The first kappa shape index (κ1) is 31.8. The van der Waals surface area contributed by atoms with Gasteiger partial charge in [0.1, 0.15) is 11.2 Å². The molecule has 10 aromatic rings. The fourth-order valence-corrected chi connectivity index (χ4v) is 8.24. The van der Waals surface area contributed by atoms with Crippen molar-refractivity contribution in [3.05, 3.63) is 166 Å². The molecule has 0 saturated heterocycles. The number of nitrogens with zero attached hydrogens (tertiary/aromatic N) is 2. The van der Waals surface area contributed by atoms with Gasteiger partial charge < -0.3 is 18.3 Å². The van der Waals surface area contributed by atoms with E-state index < -0.39 is 0 Å². The Morgan fingerprint density at radius 1 is 0.500 bits per heavy atom. The van der Waals surface area contributed by atoms with E-state index in [4.69, 9.17) is 8.83 Å². The van der Waals surface area contributed by atoms with E-state index in [-0.39, 0.29) is 11.3 Å². The molecule has 0 saturated carbocycles. The summed E-state index contributed by atoms with van der Waals surface area (Å²) in [5, 5.41) is 7.92. The lowest BCUT2D eigenvalue weighted by Crippen LogP contribution is -2.21. The van der Waals surface area contributed by atoms with Crippen LogP contribution >= 0.6 is 0 Å². The first-order valence-electron chi connectivity index (χ1n) is 18.4. The largest absolute Gasteiger partial charge is 0.422 e. The second kappa shape index (κ2) is 12.3. The molecule has 7 aromatic carbocycles. The van der Waals surface area contributed by atoms with E-state index in [2.05, 4.69) is 84.0 Å². The first-order valence-corrected chi connectivity index (χ1v) is 18.4. The molecule has 0 aliphatic rings. The van der Waals surface area contributed by atoms with Crippen molar-refractivity contribution in [1.82, 2.24) is 4.57 Å². The fourth-order valence-electron chi connectivity index (χ4n) is 8.24. The topological polar surface area (TPSA) is 68.6 Å². The molecule has 0 aliphatic heterocycles. The van der Waals surface area contributed by atoms with Gasteiger partial charge in [-0.25, -0.2) is 9.59 Å². The standard InChI is InChI=1S/C48H34N2O4/c1-3-49(4-2)33-21-18-31-24-40(47(51)53-45(31)27-33)29-19-22-37-38-23-20-30(26-44(38)50(43(37)25-29)32-12-6-5-7-13-32)41-28-42-36-16-9-8-14-34(36)35-15-10-11-17-39(35)46(42)54-48(41)52/h5-28H,3-4H2,1-2H3. The number of hydrogen-bond donors (Lipinski definition) is 0. The van der Waals surface area contributed by atoms with Crippen LogP contribution in [-0.2, 0) is 0 Å². The number of anilines is 1. The molecular formula is C48H34N2O4. The summed E-state index contributed by atoms with van der Waals surface area (Å²) in [5.41, 5.74) is 6.76. The molecule has 0 unspecified atom stereocenters. The van der Waals surface area contributed by atoms with Crippen LogP contribution in [0.4, 0.5) is 5.69 Å². The molecule has 6 nitrogen and oxygen atoms in total. The Hall–Kier alpha value is -6.92. The Bertz CT molecular complexity index is 3240. The summed E-state index contributed by atoms with van der Waals surface area (Å²) >= 11 is 0. The number of para-hydroxylation sites is 1. The minimum atomic E-state index is -0.390. The van der Waals surface area contributed by atoms with Gasteiger partial charge in [0.05, 0.1) is 22.2 Å². The van der Waals surface area contributed by atoms with Crippen molar-refractivity contribution in [1.29, 1.82) is 0 Å². The van der Waals surface area contributed by atoms with Gasteiger partial charge in [0.25, 0.3) is 0 Å². The third-order valence-corrected chi connectivity index (χ3v) is 10.9. The zero-order valence-corrected chi connectivity index (χ0v) is 29.8. The fraction of sp³-hybridized carbons (Fsp3) is 0.0833. The lowest BCUT2D eigenvalue weighted by atomic mass is 9.96. The highest BCUT2D eigenvalue weighted by Gasteiger charge is 2.19. The molecule has 0 bridgehead atoms. The Labute approximate surface area is 309 Å². The van der Waals surface area contributed by atoms with Gasteiger partial charge in [0.15, 0.2) is 0 Å². The second-order valence-corrected chi connectivity index (χ2v) is 13.8. The van der Waals surface area contributed by atoms with Gasteiger partial charge in [-0.3, -0.25) is 0 Å². The smallest absolute Gasteiger partial charge is 0.344 e. The lowest BCUT2D eigenvalue weighted by molar-refractivity contribution is 0.563. The number of aromatic nitrogens is 1. The number of fused-ring (bicyclic) bond motifs is 10. The van der Waals surface area contributed by atoms with E-state index in [0.29, 0.717) is 22.3 Å². The molecule has 54 heavy (non-hydrogen) atoms. The van der Waals surface area contributed by atoms with E-state index in [1.807, 2.05) is 84.9 Å². The van der Waals surface area contributed by atoms with Gasteiger partial charge in [-0.2, -0.15) is 0 Å². The molecule has 10 rings (SSSR count). The van der Waals surface area contributed by atoms with E-state index in [9.17, 15) is 9.59 Å². The third-order valence-electron chi connectivity index (χ3n) is 10.9. The van der Waals surface area contributed by atoms with Crippen molar-refractivity contribution in [3.8, 4) is 27.9 Å². The van der Waals surface area contributed by atoms with E-state index >= 15 is 0 Å². The van der Waals surface area contributed by atoms with Gasteiger partial charge in [-0.1, -0.05) is 91.0 Å². The highest BCUT2D eigenvalue weighted by atomic mass is 16.4. The Morgan fingerprint density at radius 3 is 1.70 bits per heavy atom. The van der Waals surface area contributed by atoms with Crippen molar-refractivity contribution in [2.75, 3.05) is 18.0 Å². The third kappa shape index (κ3) is 4.87. The minimum absolute atomic E-state index is 0.383. The molecule has 0 fully saturated rings. The molecule has 6 heteroatoms. The first-order chi connectivity index (χ1) is 26.5. The maximum atomic E-state index is 13.9. The van der Waals surface area contributed by atoms with Crippen LogP contribution in [0.3, 0.4) is 0 Å². The van der Waals surface area contributed by atoms with Crippen LogP contribution in [0.5, 0.6) is 0 Å². The summed E-state index contributed by atoms with van der Waals surface area (Å²) in [6.45, 7) is 5.96. The lowest BCUT2D eigenvalue weighted by Gasteiger charge is -2.21. The normalized spacial score (nSPS) is 11.8. The summed E-state index contributed by atoms with van der Waals surface area (Å²) in [6, 6.07) is 48.7. The van der Waals surface area contributed by atoms with Crippen LogP contribution in [0.15, 0.2) is 164 Å². The number of benzene rings is 7. The molecular weight excluding hydrogens is 669 g/mol. The van der Waals surface area contributed by atoms with Crippen LogP contribution in [0.1, 0.15) is 13.8 Å². The van der Waals surface area contributed by atoms with Crippen molar-refractivity contribution >= 4 is 71.0 Å². The van der Waals surface area contributed by atoms with Crippen LogP contribution in [-0.4, -0.2) is 17.7 Å². The van der Waals surface area contributed by atoms with Crippen molar-refractivity contribution in [2.45, 2.75) is 13.8 Å². The molecule has 0 aliphatic carbocycles. The molecule has 0 amide bonds. The highest BCUT2D eigenvalue weighted by molar-refractivity contribution is 6.24. The predicted octanol–water partition coefficient (Wildman–Crippen LogP) is 11.5. The van der Waals surface area contributed by atoms with Crippen molar-refractivity contribution in [2.24, 2.45) is 0 Å². The predicted molar refractivity (Wildman–Crippen MR) is 222 cm³/mol. The van der Waals surface area contributed by atoms with Gasteiger partial charge in [0, 0.05) is 57.5 Å². The summed E-state index contributed by atoms with van der Waals surface area (Å²) in [7, 11) is 0. The van der Waals surface area contributed by atoms with Crippen LogP contribution in [0.2, 0.25) is 0 Å². The molecule has 3 heterocycles. The van der Waals surface area contributed by atoms with Gasteiger partial charge >= 0.3 is 11.3 Å².